The van der Waals surface area contributed by atoms with Gasteiger partial charge in [0.25, 0.3) is 11.8 Å². The van der Waals surface area contributed by atoms with Crippen LogP contribution in [-0.2, 0) is 19.1 Å². The van der Waals surface area contributed by atoms with E-state index >= 15 is 0 Å². The third kappa shape index (κ3) is 4.73. The van der Waals surface area contributed by atoms with Crippen LogP contribution in [-0.4, -0.2) is 64.4 Å². The molecule has 0 aromatic carbocycles. The predicted molar refractivity (Wildman–Crippen MR) is 108 cm³/mol. The number of nitrogens with one attached hydrogen (secondary N) is 1. The van der Waals surface area contributed by atoms with Crippen molar-refractivity contribution in [1.82, 2.24) is 15.1 Å². The summed E-state index contributed by atoms with van der Waals surface area (Å²) in [5.74, 6) is -1.36. The number of ether oxygens (including phenoxy) is 1. The molecule has 4 amide bonds. The first-order valence-electron chi connectivity index (χ1n) is 10.8. The van der Waals surface area contributed by atoms with Crippen LogP contribution in [0.25, 0.3) is 0 Å². The Hall–Kier alpha value is -2.12. The number of esters is 1. The van der Waals surface area contributed by atoms with Crippen LogP contribution >= 0.6 is 0 Å². The molecular weight excluding hydrogens is 374 g/mol. The number of carbonyl (C=O) groups excluding carboxylic acids is 4. The molecule has 1 heterocycles. The fraction of sp³-hybridized carbons (Fsp3) is 0.810. The number of urea groups is 1. The molecule has 8 heteroatoms. The molecule has 0 aromatic heterocycles. The van der Waals surface area contributed by atoms with Crippen molar-refractivity contribution in [2.45, 2.75) is 90.8 Å². The molecule has 1 aliphatic carbocycles. The lowest BCUT2D eigenvalue weighted by molar-refractivity contribution is -0.155. The van der Waals surface area contributed by atoms with E-state index in [-0.39, 0.29) is 29.8 Å². The summed E-state index contributed by atoms with van der Waals surface area (Å²) in [5, 5.41) is 2.81. The smallest absolute Gasteiger partial charge is 0.326 e. The molecule has 1 saturated heterocycles. The molecule has 0 unspecified atom stereocenters. The molecule has 0 bridgehead atoms. The third-order valence-electron chi connectivity index (χ3n) is 6.56. The van der Waals surface area contributed by atoms with E-state index in [1.165, 1.54) is 0 Å². The highest BCUT2D eigenvalue weighted by molar-refractivity contribution is 6.09. The van der Waals surface area contributed by atoms with Gasteiger partial charge in [0, 0.05) is 12.1 Å². The minimum atomic E-state index is -0.907. The Morgan fingerprint density at radius 2 is 1.83 bits per heavy atom. The zero-order valence-electron chi connectivity index (χ0n) is 18.3. The molecule has 8 nitrogen and oxygen atoms in total. The molecule has 29 heavy (non-hydrogen) atoms. The van der Waals surface area contributed by atoms with E-state index in [2.05, 4.69) is 5.32 Å². The maximum atomic E-state index is 12.9. The van der Waals surface area contributed by atoms with Crippen LogP contribution < -0.4 is 5.32 Å². The number of nitrogens with zero attached hydrogens (tertiary/aromatic N) is 2. The molecular formula is C21H35N3O5. The summed E-state index contributed by atoms with van der Waals surface area (Å²) in [6.45, 7) is 9.01. The van der Waals surface area contributed by atoms with Crippen molar-refractivity contribution in [2.24, 2.45) is 5.92 Å². The number of rotatable bonds is 8. The Morgan fingerprint density at radius 1 is 1.21 bits per heavy atom. The van der Waals surface area contributed by atoms with Crippen LogP contribution in [0.3, 0.4) is 0 Å². The Bertz CT molecular complexity index is 642. The van der Waals surface area contributed by atoms with E-state index in [1.54, 1.807) is 4.90 Å². The highest BCUT2D eigenvalue weighted by Gasteiger charge is 2.55. The molecule has 1 spiro atoms. The molecule has 4 atom stereocenters. The van der Waals surface area contributed by atoms with Crippen molar-refractivity contribution < 1.29 is 23.9 Å². The maximum Gasteiger partial charge on any atom is 0.326 e. The van der Waals surface area contributed by atoms with E-state index < -0.39 is 30.7 Å². The number of amides is 4. The van der Waals surface area contributed by atoms with Crippen LogP contribution in [0.15, 0.2) is 0 Å². The number of carbonyl (C=O) groups is 4. The first-order chi connectivity index (χ1) is 13.7. The van der Waals surface area contributed by atoms with Crippen LogP contribution in [0.1, 0.15) is 73.1 Å². The summed E-state index contributed by atoms with van der Waals surface area (Å²) in [6.07, 6.45) is 4.93. The molecule has 1 aliphatic heterocycles. The molecule has 1 saturated carbocycles. The SMILES string of the molecule is CC[C@H](C)N(C(=O)COC(=O)CN1C(=O)N[C@]2(CCCC[C@@H]2C)C1=O)[C@@H](C)CC. The van der Waals surface area contributed by atoms with Crippen molar-refractivity contribution >= 4 is 23.8 Å². The van der Waals surface area contributed by atoms with Gasteiger partial charge in [0.05, 0.1) is 0 Å². The summed E-state index contributed by atoms with van der Waals surface area (Å²) in [4.78, 5) is 52.8. The minimum Gasteiger partial charge on any atom is -0.454 e. The van der Waals surface area contributed by atoms with Crippen molar-refractivity contribution in [3.8, 4) is 0 Å². The fourth-order valence-electron chi connectivity index (χ4n) is 4.35. The van der Waals surface area contributed by atoms with Gasteiger partial charge < -0.3 is 15.0 Å². The van der Waals surface area contributed by atoms with Crippen molar-refractivity contribution in [2.75, 3.05) is 13.2 Å². The number of imide groups is 1. The van der Waals surface area contributed by atoms with E-state index in [4.69, 9.17) is 4.74 Å². The molecule has 0 radical (unpaired) electrons. The predicted octanol–water partition coefficient (Wildman–Crippen LogP) is 2.46. The molecule has 2 fully saturated rings. The van der Waals surface area contributed by atoms with E-state index in [9.17, 15) is 19.2 Å². The van der Waals surface area contributed by atoms with Crippen molar-refractivity contribution in [3.05, 3.63) is 0 Å². The van der Waals surface area contributed by atoms with E-state index in [1.807, 2.05) is 34.6 Å². The summed E-state index contributed by atoms with van der Waals surface area (Å²) in [6, 6.07) is -0.489. The zero-order valence-corrected chi connectivity index (χ0v) is 18.3. The van der Waals surface area contributed by atoms with Crippen LogP contribution in [0.2, 0.25) is 0 Å². The van der Waals surface area contributed by atoms with E-state index in [0.29, 0.717) is 6.42 Å². The van der Waals surface area contributed by atoms with Gasteiger partial charge in [-0.2, -0.15) is 0 Å². The van der Waals surface area contributed by atoms with Crippen LogP contribution in [0.5, 0.6) is 0 Å². The van der Waals surface area contributed by atoms with Gasteiger partial charge in [0.2, 0.25) is 0 Å². The Balaban J connectivity index is 1.96. The first kappa shape index (κ1) is 23.2. The highest BCUT2D eigenvalue weighted by Crippen LogP contribution is 2.38. The lowest BCUT2D eigenvalue weighted by Crippen LogP contribution is -2.54. The van der Waals surface area contributed by atoms with Crippen molar-refractivity contribution in [3.63, 3.8) is 0 Å². The second kappa shape index (κ2) is 9.59. The fourth-order valence-corrected chi connectivity index (χ4v) is 4.35. The molecule has 2 aliphatic rings. The highest BCUT2D eigenvalue weighted by atomic mass is 16.5. The lowest BCUT2D eigenvalue weighted by atomic mass is 9.73. The quantitative estimate of drug-likeness (QED) is 0.491. The second-order valence-electron chi connectivity index (χ2n) is 8.42. The van der Waals surface area contributed by atoms with Gasteiger partial charge in [0.1, 0.15) is 12.1 Å². The minimum absolute atomic E-state index is 0.0231. The van der Waals surface area contributed by atoms with Gasteiger partial charge in [-0.25, -0.2) is 4.79 Å². The van der Waals surface area contributed by atoms with Gasteiger partial charge in [0.15, 0.2) is 6.61 Å². The average Bonchev–Trinajstić information content (AvgIpc) is 2.93. The lowest BCUT2D eigenvalue weighted by Gasteiger charge is -2.36. The summed E-state index contributed by atoms with van der Waals surface area (Å²) in [5.41, 5.74) is -0.907. The Morgan fingerprint density at radius 3 is 2.38 bits per heavy atom. The number of hydrogen-bond acceptors (Lipinski definition) is 5. The number of hydrogen-bond donors (Lipinski definition) is 1. The summed E-state index contributed by atoms with van der Waals surface area (Å²) >= 11 is 0. The summed E-state index contributed by atoms with van der Waals surface area (Å²) in [7, 11) is 0. The maximum absolute atomic E-state index is 12.9. The van der Waals surface area contributed by atoms with Gasteiger partial charge in [-0.05, 0) is 45.4 Å². The molecule has 1 N–H and O–H groups in total. The monoisotopic (exact) mass is 409 g/mol. The summed E-state index contributed by atoms with van der Waals surface area (Å²) < 4.78 is 5.13. The first-order valence-corrected chi connectivity index (χ1v) is 10.8. The molecule has 2 rings (SSSR count). The van der Waals surface area contributed by atoms with Gasteiger partial charge in [-0.1, -0.05) is 33.6 Å². The normalized spacial score (nSPS) is 26.2. The van der Waals surface area contributed by atoms with E-state index in [0.717, 1.165) is 37.0 Å². The Kier molecular flexibility index (Phi) is 7.66. The van der Waals surface area contributed by atoms with Gasteiger partial charge >= 0.3 is 12.0 Å². The standard InChI is InChI=1S/C21H35N3O5/c1-6-15(4)24(16(5)7-2)17(25)13-29-18(26)12-23-19(27)21(22-20(23)28)11-9-8-10-14(21)3/h14-16H,6-13H2,1-5H3,(H,22,28)/t14-,15-,16-,21-/m0/s1. The average molecular weight is 410 g/mol. The molecule has 0 aromatic rings. The topological polar surface area (TPSA) is 96.0 Å². The van der Waals surface area contributed by atoms with Crippen molar-refractivity contribution in [1.29, 1.82) is 0 Å². The van der Waals surface area contributed by atoms with Gasteiger partial charge in [-0.15, -0.1) is 0 Å². The third-order valence-corrected chi connectivity index (χ3v) is 6.56. The second-order valence-corrected chi connectivity index (χ2v) is 8.42. The molecule has 164 valence electrons. The Labute approximate surface area is 173 Å². The largest absolute Gasteiger partial charge is 0.454 e. The van der Waals surface area contributed by atoms with Gasteiger partial charge in [-0.3, -0.25) is 19.3 Å². The zero-order chi connectivity index (χ0) is 21.8. The van der Waals surface area contributed by atoms with Crippen LogP contribution in [0.4, 0.5) is 4.79 Å². The van der Waals surface area contributed by atoms with Crippen LogP contribution in [0, 0.1) is 5.92 Å².